The Labute approximate surface area is 110 Å². The Morgan fingerprint density at radius 2 is 2.00 bits per heavy atom. The van der Waals surface area contributed by atoms with Gasteiger partial charge in [0.1, 0.15) is 0 Å². The Bertz CT molecular complexity index is 472. The molecule has 18 heavy (non-hydrogen) atoms. The molecule has 0 saturated heterocycles. The number of rotatable bonds is 7. The lowest BCUT2D eigenvalue weighted by Gasteiger charge is -2.20. The van der Waals surface area contributed by atoms with Gasteiger partial charge in [-0.25, -0.2) is 8.42 Å². The molecule has 5 heteroatoms. The summed E-state index contributed by atoms with van der Waals surface area (Å²) in [7, 11) is -3.38. The van der Waals surface area contributed by atoms with E-state index in [1.807, 2.05) is 13.0 Å². The second-order valence-corrected chi connectivity index (χ2v) is 6.14. The van der Waals surface area contributed by atoms with Crippen LogP contribution in [0, 0.1) is 0 Å². The molecule has 1 aromatic rings. The lowest BCUT2D eigenvalue weighted by Crippen LogP contribution is -2.31. The van der Waals surface area contributed by atoms with Gasteiger partial charge in [0.2, 0.25) is 10.0 Å². The first-order valence-electron chi connectivity index (χ1n) is 6.35. The second kappa shape index (κ2) is 6.87. The molecule has 0 aliphatic heterocycles. The predicted molar refractivity (Wildman–Crippen MR) is 73.7 cm³/mol. The van der Waals surface area contributed by atoms with Crippen molar-refractivity contribution in [2.75, 3.05) is 13.1 Å². The summed E-state index contributed by atoms with van der Waals surface area (Å²) in [5.41, 5.74) is 6.38. The Morgan fingerprint density at radius 3 is 2.56 bits per heavy atom. The highest BCUT2D eigenvalue weighted by atomic mass is 32.2. The Kier molecular flexibility index (Phi) is 5.78. The summed E-state index contributed by atoms with van der Waals surface area (Å²) >= 11 is 0. The minimum absolute atomic E-state index is 0.336. The standard InChI is InChI=1S/C13H22N2O2S/c1-3-5-9-15(4-2)18(16,17)13-8-6-7-12(10-13)11-14/h6-8,10H,3-5,9,11,14H2,1-2H3. The molecular formula is C13H22N2O2S. The zero-order chi connectivity index (χ0) is 13.6. The number of sulfonamides is 1. The molecule has 0 radical (unpaired) electrons. The topological polar surface area (TPSA) is 63.4 Å². The molecule has 0 heterocycles. The van der Waals surface area contributed by atoms with E-state index in [9.17, 15) is 8.42 Å². The van der Waals surface area contributed by atoms with Crippen molar-refractivity contribution in [3.05, 3.63) is 29.8 Å². The summed E-state index contributed by atoms with van der Waals surface area (Å²) in [6, 6.07) is 6.86. The van der Waals surface area contributed by atoms with Gasteiger partial charge >= 0.3 is 0 Å². The Balaban J connectivity index is 3.02. The van der Waals surface area contributed by atoms with Crippen LogP contribution in [0.25, 0.3) is 0 Å². The van der Waals surface area contributed by atoms with E-state index in [1.54, 1.807) is 18.2 Å². The molecule has 1 rings (SSSR count). The molecule has 0 atom stereocenters. The molecule has 0 aliphatic carbocycles. The van der Waals surface area contributed by atoms with E-state index in [-0.39, 0.29) is 0 Å². The van der Waals surface area contributed by atoms with Crippen molar-refractivity contribution in [2.45, 2.75) is 38.1 Å². The summed E-state index contributed by atoms with van der Waals surface area (Å²) in [6.07, 6.45) is 1.86. The van der Waals surface area contributed by atoms with Crippen molar-refractivity contribution in [2.24, 2.45) is 5.73 Å². The van der Waals surface area contributed by atoms with Crippen LogP contribution in [0.1, 0.15) is 32.3 Å². The molecular weight excluding hydrogens is 248 g/mol. The van der Waals surface area contributed by atoms with Gasteiger partial charge in [-0.15, -0.1) is 0 Å². The fraction of sp³-hybridized carbons (Fsp3) is 0.538. The summed E-state index contributed by atoms with van der Waals surface area (Å²) < 4.78 is 26.4. The Morgan fingerprint density at radius 1 is 1.28 bits per heavy atom. The molecule has 0 unspecified atom stereocenters. The van der Waals surface area contributed by atoms with Crippen molar-refractivity contribution >= 4 is 10.0 Å². The van der Waals surface area contributed by atoms with Gasteiger partial charge in [0, 0.05) is 19.6 Å². The monoisotopic (exact) mass is 270 g/mol. The van der Waals surface area contributed by atoms with Crippen LogP contribution in [-0.4, -0.2) is 25.8 Å². The Hall–Kier alpha value is -0.910. The third-order valence-corrected chi connectivity index (χ3v) is 4.86. The molecule has 0 fully saturated rings. The van der Waals surface area contributed by atoms with Crippen LogP contribution < -0.4 is 5.73 Å². The van der Waals surface area contributed by atoms with Gasteiger partial charge in [-0.05, 0) is 24.1 Å². The third-order valence-electron chi connectivity index (χ3n) is 2.89. The SMILES string of the molecule is CCCCN(CC)S(=O)(=O)c1cccc(CN)c1. The zero-order valence-electron chi connectivity index (χ0n) is 11.1. The predicted octanol–water partition coefficient (Wildman–Crippen LogP) is 1.96. The van der Waals surface area contributed by atoms with Crippen LogP contribution in [0.4, 0.5) is 0 Å². The maximum atomic E-state index is 12.4. The van der Waals surface area contributed by atoms with Gasteiger partial charge in [0.05, 0.1) is 4.90 Å². The second-order valence-electron chi connectivity index (χ2n) is 4.20. The average molecular weight is 270 g/mol. The highest BCUT2D eigenvalue weighted by molar-refractivity contribution is 7.89. The van der Waals surface area contributed by atoms with Crippen molar-refractivity contribution in [3.8, 4) is 0 Å². The van der Waals surface area contributed by atoms with E-state index < -0.39 is 10.0 Å². The maximum absolute atomic E-state index is 12.4. The van der Waals surface area contributed by atoms with Gasteiger partial charge in [0.15, 0.2) is 0 Å². The van der Waals surface area contributed by atoms with E-state index >= 15 is 0 Å². The molecule has 0 aromatic heterocycles. The third kappa shape index (κ3) is 3.54. The maximum Gasteiger partial charge on any atom is 0.243 e. The molecule has 0 bridgehead atoms. The average Bonchev–Trinajstić information content (AvgIpc) is 2.39. The largest absolute Gasteiger partial charge is 0.326 e. The molecule has 0 aliphatic rings. The summed E-state index contributed by atoms with van der Waals surface area (Å²) in [5.74, 6) is 0. The molecule has 2 N–H and O–H groups in total. The first kappa shape index (κ1) is 15.1. The van der Waals surface area contributed by atoms with Crippen molar-refractivity contribution in [3.63, 3.8) is 0 Å². The summed E-state index contributed by atoms with van der Waals surface area (Å²) in [6.45, 7) is 5.33. The van der Waals surface area contributed by atoms with Crippen LogP contribution in [0.2, 0.25) is 0 Å². The first-order chi connectivity index (χ1) is 8.56. The quantitative estimate of drug-likeness (QED) is 0.823. The van der Waals surface area contributed by atoms with Crippen molar-refractivity contribution < 1.29 is 8.42 Å². The van der Waals surface area contributed by atoms with E-state index in [2.05, 4.69) is 6.92 Å². The van der Waals surface area contributed by atoms with E-state index in [0.717, 1.165) is 18.4 Å². The van der Waals surface area contributed by atoms with Crippen LogP contribution in [0.3, 0.4) is 0 Å². The van der Waals surface area contributed by atoms with Gasteiger partial charge in [-0.2, -0.15) is 4.31 Å². The van der Waals surface area contributed by atoms with Crippen LogP contribution in [-0.2, 0) is 16.6 Å². The number of hydrogen-bond donors (Lipinski definition) is 1. The van der Waals surface area contributed by atoms with Gasteiger partial charge in [0.25, 0.3) is 0 Å². The van der Waals surface area contributed by atoms with Crippen LogP contribution in [0.5, 0.6) is 0 Å². The normalized spacial score (nSPS) is 12.0. The molecule has 1 aromatic carbocycles. The van der Waals surface area contributed by atoms with Crippen molar-refractivity contribution in [1.29, 1.82) is 0 Å². The molecule has 0 saturated carbocycles. The molecule has 0 amide bonds. The molecule has 0 spiro atoms. The summed E-state index contributed by atoms with van der Waals surface area (Å²) in [4.78, 5) is 0.336. The number of benzene rings is 1. The van der Waals surface area contributed by atoms with Crippen molar-refractivity contribution in [1.82, 2.24) is 4.31 Å². The number of hydrogen-bond acceptors (Lipinski definition) is 3. The molecule has 4 nitrogen and oxygen atoms in total. The minimum atomic E-state index is -3.38. The number of nitrogens with two attached hydrogens (primary N) is 1. The van der Waals surface area contributed by atoms with Gasteiger partial charge in [-0.1, -0.05) is 32.4 Å². The smallest absolute Gasteiger partial charge is 0.243 e. The summed E-state index contributed by atoms with van der Waals surface area (Å²) in [5, 5.41) is 0. The lowest BCUT2D eigenvalue weighted by atomic mass is 10.2. The lowest BCUT2D eigenvalue weighted by molar-refractivity contribution is 0.419. The minimum Gasteiger partial charge on any atom is -0.326 e. The van der Waals surface area contributed by atoms with Gasteiger partial charge in [-0.3, -0.25) is 0 Å². The molecule has 102 valence electrons. The fourth-order valence-corrected chi connectivity index (χ4v) is 3.32. The van der Waals surface area contributed by atoms with E-state index in [0.29, 0.717) is 24.5 Å². The highest BCUT2D eigenvalue weighted by Gasteiger charge is 2.22. The number of nitrogens with zero attached hydrogens (tertiary/aromatic N) is 1. The van der Waals surface area contributed by atoms with E-state index in [4.69, 9.17) is 5.73 Å². The fourth-order valence-electron chi connectivity index (χ4n) is 1.76. The van der Waals surface area contributed by atoms with Gasteiger partial charge < -0.3 is 5.73 Å². The zero-order valence-corrected chi connectivity index (χ0v) is 11.9. The number of unbranched alkanes of at least 4 members (excludes halogenated alkanes) is 1. The van der Waals surface area contributed by atoms with E-state index in [1.165, 1.54) is 4.31 Å². The first-order valence-corrected chi connectivity index (χ1v) is 7.79. The highest BCUT2D eigenvalue weighted by Crippen LogP contribution is 2.17. The van der Waals surface area contributed by atoms with Crippen LogP contribution in [0.15, 0.2) is 29.2 Å². The van der Waals surface area contributed by atoms with Crippen LogP contribution >= 0.6 is 0 Å².